The molecule has 1 amide bonds. The lowest BCUT2D eigenvalue weighted by Crippen LogP contribution is -2.28. The largest absolute Gasteiger partial charge is 0.493 e. The second-order valence-electron chi connectivity index (χ2n) is 8.08. The standard InChI is InChI=1S/C22H26F4N2O4S/c1-13(2)12-32-20-10-17(22(24,25)26)7-5-16(20)11-27-21(29)14(3)15-6-8-19(18(23)9-15)28-33(4,30)31/h5-10,13-14,28H,11-12H2,1-4H3,(H,27,29)/t14-/m1/s1. The first-order chi connectivity index (χ1) is 15.2. The van der Waals surface area contributed by atoms with Crippen LogP contribution in [0.2, 0.25) is 0 Å². The molecule has 0 radical (unpaired) electrons. The summed E-state index contributed by atoms with van der Waals surface area (Å²) in [6.07, 6.45) is -3.65. The number of benzene rings is 2. The molecule has 6 nitrogen and oxygen atoms in total. The molecule has 0 saturated heterocycles. The van der Waals surface area contributed by atoms with Crippen molar-refractivity contribution >= 4 is 21.6 Å². The summed E-state index contributed by atoms with van der Waals surface area (Å²) in [7, 11) is -3.67. The summed E-state index contributed by atoms with van der Waals surface area (Å²) >= 11 is 0. The van der Waals surface area contributed by atoms with E-state index in [0.29, 0.717) is 11.1 Å². The molecule has 2 aromatic carbocycles. The summed E-state index contributed by atoms with van der Waals surface area (Å²) in [6.45, 7) is 5.34. The van der Waals surface area contributed by atoms with Crippen LogP contribution in [-0.2, 0) is 27.5 Å². The molecular formula is C22H26F4N2O4S. The lowest BCUT2D eigenvalue weighted by Gasteiger charge is -2.18. The zero-order chi connectivity index (χ0) is 25.0. The van der Waals surface area contributed by atoms with Crippen LogP contribution in [0.25, 0.3) is 0 Å². The Kier molecular flexibility index (Phi) is 8.34. The molecule has 11 heteroatoms. The van der Waals surface area contributed by atoms with Crippen molar-refractivity contribution in [1.82, 2.24) is 5.32 Å². The van der Waals surface area contributed by atoms with E-state index in [1.165, 1.54) is 25.1 Å². The molecule has 33 heavy (non-hydrogen) atoms. The molecule has 0 spiro atoms. The number of amides is 1. The average molecular weight is 491 g/mol. The number of carbonyl (C=O) groups is 1. The molecule has 0 bridgehead atoms. The third kappa shape index (κ3) is 7.92. The van der Waals surface area contributed by atoms with E-state index in [1.807, 2.05) is 18.6 Å². The zero-order valence-electron chi connectivity index (χ0n) is 18.6. The predicted octanol–water partition coefficient (Wildman–Crippen LogP) is 4.67. The minimum absolute atomic E-state index is 0.0220. The molecule has 2 N–H and O–H groups in total. The second-order valence-corrected chi connectivity index (χ2v) is 9.83. The number of halogens is 4. The van der Waals surface area contributed by atoms with Gasteiger partial charge in [-0.1, -0.05) is 26.0 Å². The molecule has 182 valence electrons. The summed E-state index contributed by atoms with van der Waals surface area (Å²) in [5.41, 5.74) is -0.440. The Morgan fingerprint density at radius 2 is 1.76 bits per heavy atom. The molecule has 0 aromatic heterocycles. The van der Waals surface area contributed by atoms with Crippen molar-refractivity contribution in [2.45, 2.75) is 39.4 Å². The number of nitrogens with one attached hydrogen (secondary N) is 2. The minimum Gasteiger partial charge on any atom is -0.493 e. The molecule has 0 heterocycles. The molecule has 0 aliphatic heterocycles. The van der Waals surface area contributed by atoms with Gasteiger partial charge < -0.3 is 10.1 Å². The summed E-state index contributed by atoms with van der Waals surface area (Å²) in [5, 5.41) is 2.62. The molecule has 0 aliphatic rings. The maximum Gasteiger partial charge on any atom is 0.416 e. The van der Waals surface area contributed by atoms with E-state index in [-0.39, 0.29) is 30.5 Å². The Hall–Kier alpha value is -2.82. The fraction of sp³-hybridized carbons (Fsp3) is 0.409. The number of hydrogen-bond donors (Lipinski definition) is 2. The van der Waals surface area contributed by atoms with E-state index in [0.717, 1.165) is 24.5 Å². The number of ether oxygens (including phenoxy) is 1. The van der Waals surface area contributed by atoms with Gasteiger partial charge in [0.05, 0.1) is 30.0 Å². The van der Waals surface area contributed by atoms with E-state index < -0.39 is 39.4 Å². The normalized spacial score (nSPS) is 13.0. The van der Waals surface area contributed by atoms with Gasteiger partial charge in [-0.15, -0.1) is 0 Å². The summed E-state index contributed by atoms with van der Waals surface area (Å²) in [5.74, 6) is -2.04. The fourth-order valence-corrected chi connectivity index (χ4v) is 3.40. The SMILES string of the molecule is CC(C)COc1cc(C(F)(F)F)ccc1CNC(=O)[C@H](C)c1ccc(NS(C)(=O)=O)c(F)c1. The van der Waals surface area contributed by atoms with Crippen LogP contribution in [-0.4, -0.2) is 27.2 Å². The van der Waals surface area contributed by atoms with E-state index in [2.05, 4.69) is 5.32 Å². The first kappa shape index (κ1) is 26.4. The Morgan fingerprint density at radius 1 is 1.09 bits per heavy atom. The molecular weight excluding hydrogens is 464 g/mol. The number of hydrogen-bond acceptors (Lipinski definition) is 4. The number of carbonyl (C=O) groups excluding carboxylic acids is 1. The van der Waals surface area contributed by atoms with Crippen LogP contribution in [0, 0.1) is 11.7 Å². The highest BCUT2D eigenvalue weighted by atomic mass is 32.2. The van der Waals surface area contributed by atoms with Crippen LogP contribution in [0.15, 0.2) is 36.4 Å². The highest BCUT2D eigenvalue weighted by Crippen LogP contribution is 2.33. The molecule has 0 saturated carbocycles. The average Bonchev–Trinajstić information content (AvgIpc) is 2.69. The third-order valence-electron chi connectivity index (χ3n) is 4.60. The van der Waals surface area contributed by atoms with Crippen LogP contribution >= 0.6 is 0 Å². The van der Waals surface area contributed by atoms with Gasteiger partial charge in [-0.3, -0.25) is 9.52 Å². The van der Waals surface area contributed by atoms with Gasteiger partial charge in [0.25, 0.3) is 0 Å². The number of anilines is 1. The van der Waals surface area contributed by atoms with Gasteiger partial charge >= 0.3 is 6.18 Å². The number of alkyl halides is 3. The first-order valence-electron chi connectivity index (χ1n) is 10.0. The van der Waals surface area contributed by atoms with Gasteiger partial charge in [0.15, 0.2) is 0 Å². The minimum atomic E-state index is -4.53. The monoisotopic (exact) mass is 490 g/mol. The van der Waals surface area contributed by atoms with Crippen molar-refractivity contribution in [2.75, 3.05) is 17.6 Å². The Balaban J connectivity index is 2.15. The fourth-order valence-electron chi connectivity index (χ4n) is 2.84. The predicted molar refractivity (Wildman–Crippen MR) is 117 cm³/mol. The van der Waals surface area contributed by atoms with E-state index >= 15 is 0 Å². The lowest BCUT2D eigenvalue weighted by atomic mass is 9.99. The molecule has 2 aromatic rings. The molecule has 1 atom stereocenters. The van der Waals surface area contributed by atoms with Crippen molar-refractivity contribution in [3.63, 3.8) is 0 Å². The lowest BCUT2D eigenvalue weighted by molar-refractivity contribution is -0.137. The van der Waals surface area contributed by atoms with Gasteiger partial charge in [-0.25, -0.2) is 12.8 Å². The number of rotatable bonds is 9. The van der Waals surface area contributed by atoms with Crippen molar-refractivity contribution < 1.29 is 35.5 Å². The summed E-state index contributed by atoms with van der Waals surface area (Å²) in [6, 6.07) is 6.73. The number of sulfonamides is 1. The van der Waals surface area contributed by atoms with Crippen molar-refractivity contribution in [1.29, 1.82) is 0 Å². The molecule has 2 rings (SSSR count). The van der Waals surface area contributed by atoms with Gasteiger partial charge in [0, 0.05) is 12.1 Å². The van der Waals surface area contributed by atoms with E-state index in [4.69, 9.17) is 4.74 Å². The molecule has 0 unspecified atom stereocenters. The Morgan fingerprint density at radius 3 is 2.30 bits per heavy atom. The molecule has 0 aliphatic carbocycles. The van der Waals surface area contributed by atoms with Gasteiger partial charge in [0.1, 0.15) is 11.6 Å². The zero-order valence-corrected chi connectivity index (χ0v) is 19.4. The topological polar surface area (TPSA) is 84.5 Å². The van der Waals surface area contributed by atoms with Crippen LogP contribution in [0.1, 0.15) is 43.4 Å². The quantitative estimate of drug-likeness (QED) is 0.501. The summed E-state index contributed by atoms with van der Waals surface area (Å²) in [4.78, 5) is 12.6. The Labute approximate surface area is 190 Å². The summed E-state index contributed by atoms with van der Waals surface area (Å²) < 4.78 is 83.5. The highest BCUT2D eigenvalue weighted by Gasteiger charge is 2.31. The van der Waals surface area contributed by atoms with Crippen LogP contribution in [0.5, 0.6) is 5.75 Å². The Bertz CT molecular complexity index is 1100. The van der Waals surface area contributed by atoms with E-state index in [1.54, 1.807) is 0 Å². The first-order valence-corrected chi connectivity index (χ1v) is 11.9. The van der Waals surface area contributed by atoms with Crippen LogP contribution in [0.4, 0.5) is 23.2 Å². The maximum atomic E-state index is 14.2. The third-order valence-corrected chi connectivity index (χ3v) is 5.19. The highest BCUT2D eigenvalue weighted by molar-refractivity contribution is 7.92. The van der Waals surface area contributed by atoms with Crippen molar-refractivity contribution in [3.8, 4) is 5.75 Å². The van der Waals surface area contributed by atoms with Gasteiger partial charge in [-0.05, 0) is 42.7 Å². The second kappa shape index (κ2) is 10.4. The van der Waals surface area contributed by atoms with Gasteiger partial charge in [-0.2, -0.15) is 13.2 Å². The van der Waals surface area contributed by atoms with Crippen LogP contribution in [0.3, 0.4) is 0 Å². The van der Waals surface area contributed by atoms with E-state index in [9.17, 15) is 30.8 Å². The maximum absolute atomic E-state index is 14.2. The van der Waals surface area contributed by atoms with Crippen molar-refractivity contribution in [3.05, 3.63) is 58.9 Å². The molecule has 0 fully saturated rings. The van der Waals surface area contributed by atoms with Crippen LogP contribution < -0.4 is 14.8 Å². The smallest absolute Gasteiger partial charge is 0.416 e. The van der Waals surface area contributed by atoms with Gasteiger partial charge in [0.2, 0.25) is 15.9 Å². The van der Waals surface area contributed by atoms with Crippen molar-refractivity contribution in [2.24, 2.45) is 5.92 Å².